The summed E-state index contributed by atoms with van der Waals surface area (Å²) in [6.45, 7) is 0. The molecule has 117 heavy (non-hydrogen) atoms. The van der Waals surface area contributed by atoms with Gasteiger partial charge in [0.15, 0.2) is 6.39 Å². The molecule has 0 spiro atoms. The summed E-state index contributed by atoms with van der Waals surface area (Å²) in [5.74, 6) is 0. The lowest BCUT2D eigenvalue weighted by atomic mass is 10.3. The smallest absolute Gasteiger partial charge is 0.180 e. The first-order valence-electron chi connectivity index (χ1n) is 33.4. The van der Waals surface area contributed by atoms with E-state index in [1.807, 2.05) is 161 Å². The Hall–Kier alpha value is -15.2. The van der Waals surface area contributed by atoms with Gasteiger partial charge in [0.1, 0.15) is 31.5 Å². The molecule has 0 radical (unpaired) electrons. The van der Waals surface area contributed by atoms with Crippen LogP contribution < -0.4 is 0 Å². The van der Waals surface area contributed by atoms with Crippen LogP contribution in [0.1, 0.15) is 29.7 Å². The van der Waals surface area contributed by atoms with Gasteiger partial charge in [-0.05, 0) is 160 Å². The number of nitrogens with one attached hydrogen (secondary N) is 6. The second kappa shape index (κ2) is 83.3. The number of aromatic amines is 6. The zero-order valence-corrected chi connectivity index (χ0v) is 64.1. The Bertz CT molecular complexity index is 3800. The Balaban J connectivity index is 0.00000122. The number of benzene rings is 3. The number of imidazole rings is 3. The molecule has 0 amide bonds. The van der Waals surface area contributed by atoms with Crippen LogP contribution in [-0.4, -0.2) is 119 Å². The standard InChI is InChI=1S/C8H7N.C8H6S.C7H6N2.2C5H5N.4C4H4N2.C4H5N.C4H4O.C4H4S.3C3H4N2.2C3H3NO.2C3H3NS.4CH4/c2*1-2-4-8-7(3-1)5-6-9-8;1-2-4-7-6(3-1)8-5-9-7;2*1-2-4-6-5-3-1;1-2-6-4-3-5-1;3*1-2-5-4-6-3-1;3*1-2-4-5-3-1;2*1-2-5-3-4-1;1-2-4-5-3-1;1-2-5-3-4-1;1-2-4-5-3-1;1-2-5-3-4-1;1-2-4-5-3-1;;;;/h1-6,9H;1-6H;1-5H,(H,8,9);2*1-5H;4*1-4H;1-5H;2*1-4H;3*1-3H,(H,4,5);4*1-3H;4*1H4. The summed E-state index contributed by atoms with van der Waals surface area (Å²) in [6, 6.07) is 62.6. The van der Waals surface area contributed by atoms with Crippen molar-refractivity contribution >= 4 is 77.6 Å². The number of para-hydroxylation sites is 3. The molecule has 31 heteroatoms. The van der Waals surface area contributed by atoms with Crippen molar-refractivity contribution in [3.63, 3.8) is 0 Å². The summed E-state index contributed by atoms with van der Waals surface area (Å²) < 4.78 is 18.5. The van der Waals surface area contributed by atoms with Crippen LogP contribution in [0.25, 0.3) is 32.0 Å². The van der Waals surface area contributed by atoms with Gasteiger partial charge in [0.25, 0.3) is 0 Å². The molecular weight excluding hydrogens is 1550 g/mol. The number of furan rings is 1. The highest BCUT2D eigenvalue weighted by Gasteiger charge is 1.90. The molecule has 0 aliphatic heterocycles. The van der Waals surface area contributed by atoms with Gasteiger partial charge in [-0.3, -0.25) is 30.0 Å². The number of nitrogens with zero attached hydrogens (tertiary/aromatic N) is 18. The van der Waals surface area contributed by atoms with E-state index in [0.717, 1.165) is 11.0 Å². The SMILES string of the molecule is C.C.C.C.c1c[nH]cn1.c1c[nH]cn1.c1cc[nH]c1.c1ccc2[nH]ccc2c1.c1ccc2[nH]cnc2c1.c1ccc2sccc2c1.c1ccncc1.c1ccncc1.c1ccoc1.c1ccsc1.c1cn[nH]c1.c1cnccn1.c1cncnc1.c1cncnc1.c1cncnc1.c1cnoc1.c1cnsc1.c1cocn1.c1cscn1. The molecule has 3 aromatic carbocycles. The van der Waals surface area contributed by atoms with Gasteiger partial charge in [0.2, 0.25) is 0 Å². The third-order valence-corrected chi connectivity index (χ3v) is 13.7. The zero-order valence-electron chi connectivity index (χ0n) is 60.8. The van der Waals surface area contributed by atoms with Crippen LogP contribution in [-0.2, 0) is 0 Å². The van der Waals surface area contributed by atoms with Gasteiger partial charge < -0.3 is 38.3 Å². The summed E-state index contributed by atoms with van der Waals surface area (Å²) in [5, 5.41) is 22.2. The topological polar surface area (TPSA) is 366 Å². The first-order chi connectivity index (χ1) is 56.4. The normalized spacial score (nSPS) is 8.24. The predicted molar refractivity (Wildman–Crippen MR) is 477 cm³/mol. The van der Waals surface area contributed by atoms with E-state index in [9.17, 15) is 0 Å². The van der Waals surface area contributed by atoms with E-state index in [0.29, 0.717) is 0 Å². The number of hydrogen-bond donors (Lipinski definition) is 6. The van der Waals surface area contributed by atoms with Gasteiger partial charge in [-0.25, -0.2) is 54.2 Å². The molecular formula is C86H98N24O3S4. The van der Waals surface area contributed by atoms with Gasteiger partial charge in [-0.15, -0.1) is 22.7 Å². The molecule has 19 aromatic heterocycles. The Labute approximate surface area is 698 Å². The second-order valence-corrected chi connectivity index (χ2v) is 22.3. The van der Waals surface area contributed by atoms with Crippen molar-refractivity contribution in [2.75, 3.05) is 0 Å². The van der Waals surface area contributed by atoms with Gasteiger partial charge in [-0.1, -0.05) is 108 Å². The maximum absolute atomic E-state index is 4.58. The Kier molecular flexibility index (Phi) is 72.5. The van der Waals surface area contributed by atoms with Gasteiger partial charge in [-0.2, -0.15) is 16.4 Å². The Morgan fingerprint density at radius 1 is 0.291 bits per heavy atom. The van der Waals surface area contributed by atoms with Crippen molar-refractivity contribution in [3.8, 4) is 0 Å². The van der Waals surface area contributed by atoms with Crippen molar-refractivity contribution in [1.29, 1.82) is 0 Å². The average molecular weight is 1640 g/mol. The summed E-state index contributed by atoms with van der Waals surface area (Å²) in [7, 11) is 0. The number of aromatic nitrogens is 24. The highest BCUT2D eigenvalue weighted by molar-refractivity contribution is 7.17. The third-order valence-electron chi connectivity index (χ3n) is 11.1. The highest BCUT2D eigenvalue weighted by atomic mass is 32.1. The summed E-state index contributed by atoms with van der Waals surface area (Å²) in [4.78, 5) is 70.2. The van der Waals surface area contributed by atoms with E-state index in [1.54, 1.807) is 244 Å². The predicted octanol–water partition coefficient (Wildman–Crippen LogP) is 22.2. The molecule has 0 aliphatic rings. The Morgan fingerprint density at radius 2 is 0.863 bits per heavy atom. The largest absolute Gasteiger partial charge is 0.473 e. The number of rotatable bonds is 0. The van der Waals surface area contributed by atoms with Gasteiger partial charge in [0.05, 0.1) is 60.4 Å². The lowest BCUT2D eigenvalue weighted by molar-refractivity contribution is 0.420. The minimum Gasteiger partial charge on any atom is -0.473 e. The molecule has 0 saturated heterocycles. The molecule has 22 rings (SSSR count). The molecule has 22 aromatic rings. The average Bonchev–Trinajstić information content (AvgIpc) is 1.76. The molecule has 0 atom stereocenters. The quantitative estimate of drug-likeness (QED) is 0.0821. The van der Waals surface area contributed by atoms with Crippen LogP contribution in [0, 0.1) is 0 Å². The van der Waals surface area contributed by atoms with E-state index < -0.39 is 0 Å². The van der Waals surface area contributed by atoms with Crippen LogP contribution >= 0.6 is 45.5 Å². The maximum atomic E-state index is 4.58. The van der Waals surface area contributed by atoms with Crippen molar-refractivity contribution in [2.45, 2.75) is 29.7 Å². The molecule has 19 heterocycles. The first-order valence-corrected chi connectivity index (χ1v) is 37.0. The third kappa shape index (κ3) is 66.3. The monoisotopic (exact) mass is 1640 g/mol. The number of thiazole rings is 1. The van der Waals surface area contributed by atoms with Crippen LogP contribution in [0.15, 0.2) is 477 Å². The Morgan fingerprint density at radius 3 is 1.15 bits per heavy atom. The number of hydrogen-bond acceptors (Lipinski definition) is 25. The van der Waals surface area contributed by atoms with Crippen molar-refractivity contribution < 1.29 is 13.4 Å². The molecule has 27 nitrogen and oxygen atoms in total. The van der Waals surface area contributed by atoms with E-state index in [2.05, 4.69) is 187 Å². The number of fused-ring (bicyclic) bond motifs is 3. The molecule has 0 fully saturated rings. The molecule has 0 bridgehead atoms. The van der Waals surface area contributed by atoms with Crippen molar-refractivity contribution in [1.82, 2.24) is 119 Å². The second-order valence-electron chi connectivity index (χ2n) is 19.1. The van der Waals surface area contributed by atoms with Gasteiger partial charge >= 0.3 is 0 Å². The lowest BCUT2D eigenvalue weighted by Crippen LogP contribution is -1.66. The fourth-order valence-corrected chi connectivity index (χ4v) is 8.45. The van der Waals surface area contributed by atoms with E-state index in [-0.39, 0.29) is 29.7 Å². The van der Waals surface area contributed by atoms with Crippen LogP contribution in [0.2, 0.25) is 0 Å². The first kappa shape index (κ1) is 102. The van der Waals surface area contributed by atoms with E-state index in [1.165, 1.54) is 70.4 Å². The molecule has 0 unspecified atom stereocenters. The number of thiophene rings is 2. The molecule has 0 aliphatic carbocycles. The van der Waals surface area contributed by atoms with Crippen LogP contribution in [0.5, 0.6) is 0 Å². The highest BCUT2D eigenvalue weighted by Crippen LogP contribution is 2.19. The minimum absolute atomic E-state index is 0. The van der Waals surface area contributed by atoms with Gasteiger partial charge in [0, 0.05) is 176 Å². The number of H-pyrrole nitrogens is 6. The number of oxazole rings is 1. The van der Waals surface area contributed by atoms with Crippen molar-refractivity contribution in [3.05, 3.63) is 463 Å². The number of pyridine rings is 2. The van der Waals surface area contributed by atoms with Crippen LogP contribution in [0.4, 0.5) is 0 Å². The fourth-order valence-electron chi connectivity index (χ4n) is 6.50. The molecule has 0 saturated carbocycles. The fraction of sp³-hybridized carbons (Fsp3) is 0.0465. The minimum atomic E-state index is 0. The summed E-state index contributed by atoms with van der Waals surface area (Å²) in [6.07, 6.45) is 63.6. The van der Waals surface area contributed by atoms with E-state index in [4.69, 9.17) is 0 Å². The molecule has 6 N–H and O–H groups in total. The zero-order chi connectivity index (χ0) is 79.1. The maximum Gasteiger partial charge on any atom is 0.180 e. The summed E-state index contributed by atoms with van der Waals surface area (Å²) in [5.41, 5.74) is 5.12. The van der Waals surface area contributed by atoms with Crippen LogP contribution in [0.3, 0.4) is 0 Å². The lowest BCUT2D eigenvalue weighted by Gasteiger charge is -1.83. The summed E-state index contributed by atoms with van der Waals surface area (Å²) >= 11 is 6.57. The van der Waals surface area contributed by atoms with E-state index >= 15 is 0 Å². The molecule has 604 valence electrons. The van der Waals surface area contributed by atoms with Crippen molar-refractivity contribution in [2.24, 2.45) is 0 Å².